The van der Waals surface area contributed by atoms with Crippen molar-refractivity contribution in [2.24, 2.45) is 0 Å². The molecule has 0 saturated heterocycles. The first-order valence-corrected chi connectivity index (χ1v) is 12.1. The number of likely N-dealkylation sites (N-methyl/N-ethyl adjacent to an activating group) is 2. The molecule has 2 aliphatic rings. The first kappa shape index (κ1) is 21.7. The number of aromatic amines is 1. The average Bonchev–Trinajstić information content (AvgIpc) is 3.19. The Morgan fingerprint density at radius 2 is 2.00 bits per heavy atom. The highest BCUT2D eigenvalue weighted by atomic mass is 35.5. The average molecular weight is 454 g/mol. The Morgan fingerprint density at radius 1 is 1.22 bits per heavy atom. The maximum absolute atomic E-state index is 13.0. The highest BCUT2D eigenvalue weighted by Crippen LogP contribution is 2.50. The molecule has 2 fully saturated rings. The maximum atomic E-state index is 13.0. The Bertz CT molecular complexity index is 1160. The predicted octanol–water partition coefficient (Wildman–Crippen LogP) is 4.11. The summed E-state index contributed by atoms with van der Waals surface area (Å²) >= 11 is 6.57. The van der Waals surface area contributed by atoms with Crippen LogP contribution in [0, 0.1) is 0 Å². The Morgan fingerprint density at radius 3 is 2.72 bits per heavy atom. The van der Waals surface area contributed by atoms with E-state index in [0.717, 1.165) is 41.2 Å². The predicted molar refractivity (Wildman–Crippen MR) is 128 cm³/mol. The summed E-state index contributed by atoms with van der Waals surface area (Å²) in [6.45, 7) is 0.671. The SMILES string of the molecule is CNC1CCCCC1N(C)Cc1cc(=O)n2[nH]c(C3(c4ccccc4Cl)CCC3)cc2n1. The number of hydrogen-bond acceptors (Lipinski definition) is 4. The normalized spacial score (nSPS) is 22.9. The molecular formula is C25H32ClN5O. The van der Waals surface area contributed by atoms with E-state index in [0.29, 0.717) is 24.3 Å². The lowest BCUT2D eigenvalue weighted by Crippen LogP contribution is -2.49. The van der Waals surface area contributed by atoms with Gasteiger partial charge in [0.1, 0.15) is 0 Å². The molecule has 2 atom stereocenters. The van der Waals surface area contributed by atoms with Crippen LogP contribution in [0.15, 0.2) is 41.2 Å². The van der Waals surface area contributed by atoms with Crippen molar-refractivity contribution in [3.63, 3.8) is 0 Å². The molecule has 0 bridgehead atoms. The van der Waals surface area contributed by atoms with E-state index in [4.69, 9.17) is 16.6 Å². The zero-order chi connectivity index (χ0) is 22.3. The van der Waals surface area contributed by atoms with Gasteiger partial charge in [0.15, 0.2) is 5.65 Å². The van der Waals surface area contributed by atoms with Crippen molar-refractivity contribution in [3.8, 4) is 0 Å². The molecule has 2 N–H and O–H groups in total. The highest BCUT2D eigenvalue weighted by Gasteiger charge is 2.43. The molecule has 3 aromatic rings. The van der Waals surface area contributed by atoms with Crippen molar-refractivity contribution < 1.29 is 0 Å². The largest absolute Gasteiger partial charge is 0.315 e. The van der Waals surface area contributed by atoms with E-state index in [1.54, 1.807) is 10.6 Å². The van der Waals surface area contributed by atoms with Crippen molar-refractivity contribution in [2.75, 3.05) is 14.1 Å². The van der Waals surface area contributed by atoms with Crippen molar-refractivity contribution in [1.82, 2.24) is 24.8 Å². The van der Waals surface area contributed by atoms with Crippen LogP contribution < -0.4 is 10.9 Å². The lowest BCUT2D eigenvalue weighted by Gasteiger charge is -2.42. The van der Waals surface area contributed by atoms with E-state index in [-0.39, 0.29) is 11.0 Å². The van der Waals surface area contributed by atoms with Gasteiger partial charge in [-0.25, -0.2) is 9.50 Å². The Hall–Kier alpha value is -2.15. The topological polar surface area (TPSA) is 65.4 Å². The van der Waals surface area contributed by atoms with E-state index in [1.807, 2.05) is 31.3 Å². The van der Waals surface area contributed by atoms with Gasteiger partial charge in [0.2, 0.25) is 0 Å². The minimum absolute atomic E-state index is 0.0629. The van der Waals surface area contributed by atoms with Gasteiger partial charge in [-0.1, -0.05) is 49.1 Å². The van der Waals surface area contributed by atoms with Gasteiger partial charge in [0.05, 0.1) is 5.69 Å². The number of halogens is 1. The van der Waals surface area contributed by atoms with Gasteiger partial charge in [-0.3, -0.25) is 14.8 Å². The number of aromatic nitrogens is 3. The molecule has 0 spiro atoms. The third kappa shape index (κ3) is 3.68. The second kappa shape index (κ2) is 8.65. The van der Waals surface area contributed by atoms with Gasteiger partial charge < -0.3 is 5.32 Å². The molecule has 0 amide bonds. The van der Waals surface area contributed by atoms with Crippen LogP contribution in [0.2, 0.25) is 5.02 Å². The second-order valence-corrected chi connectivity index (χ2v) is 9.93. The Balaban J connectivity index is 1.46. The zero-order valence-electron chi connectivity index (χ0n) is 18.9. The molecule has 0 radical (unpaired) electrons. The molecule has 0 aliphatic heterocycles. The van der Waals surface area contributed by atoms with E-state index in [2.05, 4.69) is 28.4 Å². The maximum Gasteiger partial charge on any atom is 0.272 e. The van der Waals surface area contributed by atoms with Crippen LogP contribution in [0.1, 0.15) is 61.9 Å². The van der Waals surface area contributed by atoms with E-state index in [9.17, 15) is 4.79 Å². The van der Waals surface area contributed by atoms with Crippen LogP contribution in [-0.2, 0) is 12.0 Å². The number of fused-ring (bicyclic) bond motifs is 1. The molecular weight excluding hydrogens is 422 g/mol. The summed E-state index contributed by atoms with van der Waals surface area (Å²) < 4.78 is 1.58. The zero-order valence-corrected chi connectivity index (χ0v) is 19.7. The van der Waals surface area contributed by atoms with Gasteiger partial charge in [0.25, 0.3) is 5.56 Å². The highest BCUT2D eigenvalue weighted by molar-refractivity contribution is 6.31. The van der Waals surface area contributed by atoms with Crippen molar-refractivity contribution >= 4 is 17.2 Å². The number of benzene rings is 1. The van der Waals surface area contributed by atoms with Gasteiger partial charge in [-0.05, 0) is 51.4 Å². The summed E-state index contributed by atoms with van der Waals surface area (Å²) in [7, 11) is 4.19. The number of H-pyrrole nitrogens is 1. The summed E-state index contributed by atoms with van der Waals surface area (Å²) in [5.41, 5.74) is 3.42. The Kier molecular flexibility index (Phi) is 5.86. The van der Waals surface area contributed by atoms with Gasteiger partial charge in [-0.15, -0.1) is 0 Å². The fourth-order valence-corrected chi connectivity index (χ4v) is 6.09. The van der Waals surface area contributed by atoms with Crippen molar-refractivity contribution in [3.05, 3.63) is 68.7 Å². The summed E-state index contributed by atoms with van der Waals surface area (Å²) in [5.74, 6) is 0. The van der Waals surface area contributed by atoms with Gasteiger partial charge >= 0.3 is 0 Å². The van der Waals surface area contributed by atoms with Gasteiger partial charge in [0, 0.05) is 46.9 Å². The molecule has 6 nitrogen and oxygen atoms in total. The first-order valence-electron chi connectivity index (χ1n) is 11.8. The number of hydrogen-bond donors (Lipinski definition) is 2. The molecule has 5 rings (SSSR count). The quantitative estimate of drug-likeness (QED) is 0.589. The molecule has 1 aromatic carbocycles. The standard InChI is InChI=1S/C25H32ClN5O/c1-27-20-10-5-6-11-21(20)30(2)16-17-14-24(32)31-23(28-17)15-22(29-31)25(12-7-13-25)18-8-3-4-9-19(18)26/h3-4,8-9,14-15,20-21,27,29H,5-7,10-13,16H2,1-2H3. The summed E-state index contributed by atoms with van der Waals surface area (Å²) in [5, 5.41) is 7.60. The lowest BCUT2D eigenvalue weighted by atomic mass is 9.62. The van der Waals surface area contributed by atoms with Crippen LogP contribution >= 0.6 is 11.6 Å². The minimum Gasteiger partial charge on any atom is -0.315 e. The van der Waals surface area contributed by atoms with Crippen LogP contribution in [0.3, 0.4) is 0 Å². The van der Waals surface area contributed by atoms with Crippen LogP contribution in [0.25, 0.3) is 5.65 Å². The number of nitrogens with zero attached hydrogens (tertiary/aromatic N) is 3. The third-order valence-electron chi connectivity index (χ3n) is 7.69. The summed E-state index contributed by atoms with van der Waals surface area (Å²) in [6, 6.07) is 12.7. The molecule has 2 aromatic heterocycles. The molecule has 2 unspecified atom stereocenters. The van der Waals surface area contributed by atoms with Crippen LogP contribution in [-0.4, -0.2) is 45.7 Å². The van der Waals surface area contributed by atoms with E-state index >= 15 is 0 Å². The smallest absolute Gasteiger partial charge is 0.272 e. The third-order valence-corrected chi connectivity index (χ3v) is 8.02. The van der Waals surface area contributed by atoms with E-state index in [1.165, 1.54) is 25.7 Å². The second-order valence-electron chi connectivity index (χ2n) is 9.53. The molecule has 2 heterocycles. The van der Waals surface area contributed by atoms with Crippen LogP contribution in [0.5, 0.6) is 0 Å². The lowest BCUT2D eigenvalue weighted by molar-refractivity contribution is 0.146. The number of nitrogens with one attached hydrogen (secondary N) is 2. The molecule has 32 heavy (non-hydrogen) atoms. The first-order chi connectivity index (χ1) is 15.5. The minimum atomic E-state index is -0.169. The summed E-state index contributed by atoms with van der Waals surface area (Å²) in [6.07, 6.45) is 8.09. The fourth-order valence-electron chi connectivity index (χ4n) is 5.78. The van der Waals surface area contributed by atoms with E-state index < -0.39 is 0 Å². The molecule has 2 aliphatic carbocycles. The van der Waals surface area contributed by atoms with Crippen LogP contribution in [0.4, 0.5) is 0 Å². The fraction of sp³-hybridized carbons (Fsp3) is 0.520. The molecule has 2 saturated carbocycles. The number of rotatable bonds is 6. The monoisotopic (exact) mass is 453 g/mol. The molecule has 7 heteroatoms. The van der Waals surface area contributed by atoms with Crippen molar-refractivity contribution in [2.45, 2.75) is 69.0 Å². The summed E-state index contributed by atoms with van der Waals surface area (Å²) in [4.78, 5) is 20.2. The Labute approximate surface area is 194 Å². The van der Waals surface area contributed by atoms with Gasteiger partial charge in [-0.2, -0.15) is 0 Å². The molecule has 170 valence electrons. The van der Waals surface area contributed by atoms with Crippen molar-refractivity contribution in [1.29, 1.82) is 0 Å².